The van der Waals surface area contributed by atoms with Crippen LogP contribution >= 0.6 is 0 Å². The largest absolute Gasteiger partial charge is 0.493 e. The highest BCUT2D eigenvalue weighted by atomic mass is 19.4. The lowest BCUT2D eigenvalue weighted by Gasteiger charge is -2.39. The van der Waals surface area contributed by atoms with Crippen molar-refractivity contribution in [3.63, 3.8) is 0 Å². The Kier molecular flexibility index (Phi) is 11.9. The first kappa shape index (κ1) is 31.7. The van der Waals surface area contributed by atoms with E-state index in [1.807, 2.05) is 0 Å². The molecule has 0 aliphatic carbocycles. The number of carbonyl (C=O) groups excluding carboxylic acids is 3. The van der Waals surface area contributed by atoms with Crippen LogP contribution in [-0.4, -0.2) is 53.7 Å². The fourth-order valence-corrected chi connectivity index (χ4v) is 3.85. The molecule has 214 valence electrons. The van der Waals surface area contributed by atoms with Gasteiger partial charge in [-0.25, -0.2) is 9.18 Å². The van der Waals surface area contributed by atoms with Gasteiger partial charge in [0, 0.05) is 6.54 Å². The summed E-state index contributed by atoms with van der Waals surface area (Å²) >= 11 is 0. The number of alkyl halides is 3. The maximum Gasteiger partial charge on any atom is 0.493 e. The molecule has 12 heteroatoms. The molecule has 0 fully saturated rings. The van der Waals surface area contributed by atoms with Crippen LogP contribution in [0, 0.1) is 5.82 Å². The first-order valence-corrected chi connectivity index (χ1v) is 12.5. The van der Waals surface area contributed by atoms with E-state index < -0.39 is 35.5 Å². The zero-order chi connectivity index (χ0) is 29.1. The van der Waals surface area contributed by atoms with Gasteiger partial charge in [0.05, 0.1) is 6.04 Å². The molecule has 39 heavy (non-hydrogen) atoms. The van der Waals surface area contributed by atoms with Gasteiger partial charge in [0.2, 0.25) is 5.91 Å². The monoisotopic (exact) mass is 554 g/mol. The third-order valence-electron chi connectivity index (χ3n) is 6.16. The highest BCUT2D eigenvalue weighted by molar-refractivity contribution is 5.93. The predicted molar refractivity (Wildman–Crippen MR) is 136 cm³/mol. The quantitative estimate of drug-likeness (QED) is 0.198. The summed E-state index contributed by atoms with van der Waals surface area (Å²) in [4.78, 5) is 42.9. The Bertz CT molecular complexity index is 1080. The molecule has 2 rings (SSSR count). The first-order valence-electron chi connectivity index (χ1n) is 12.5. The molecule has 0 spiro atoms. The lowest BCUT2D eigenvalue weighted by Crippen LogP contribution is -2.63. The van der Waals surface area contributed by atoms with Gasteiger partial charge in [-0.15, -0.1) is 0 Å². The predicted octanol–water partition coefficient (Wildman–Crippen LogP) is 3.18. The van der Waals surface area contributed by atoms with E-state index >= 15 is 0 Å². The summed E-state index contributed by atoms with van der Waals surface area (Å²) in [5, 5.41) is 2.75. The molecule has 5 N–H and O–H groups in total. The number of carbonyl (C=O) groups is 3. The topological polar surface area (TPSA) is 128 Å². The van der Waals surface area contributed by atoms with Crippen molar-refractivity contribution in [2.75, 3.05) is 13.1 Å². The fraction of sp³-hybridized carbons (Fsp3) is 0.444. The molecule has 2 atom stereocenters. The Hall–Kier alpha value is -3.51. The second-order valence-corrected chi connectivity index (χ2v) is 9.29. The van der Waals surface area contributed by atoms with Crippen molar-refractivity contribution in [2.24, 2.45) is 11.5 Å². The summed E-state index contributed by atoms with van der Waals surface area (Å²) in [6.07, 6.45) is -4.25. The minimum atomic E-state index is -5.42. The van der Waals surface area contributed by atoms with Gasteiger partial charge in [0.25, 0.3) is 5.91 Å². The average Bonchev–Trinajstić information content (AvgIpc) is 2.91. The minimum Gasteiger partial charge on any atom is -0.354 e. The molecule has 0 saturated carbocycles. The number of hydrogen-bond donors (Lipinski definition) is 3. The summed E-state index contributed by atoms with van der Waals surface area (Å²) in [5.74, 6) is -5.03. The van der Waals surface area contributed by atoms with Crippen molar-refractivity contribution < 1.29 is 36.8 Å². The number of halogens is 4. The number of aryl methyl sites for hydroxylation is 2. The van der Waals surface area contributed by atoms with Crippen LogP contribution in [-0.2, 0) is 32.1 Å². The van der Waals surface area contributed by atoms with Gasteiger partial charge < -0.3 is 21.6 Å². The summed E-state index contributed by atoms with van der Waals surface area (Å²) in [7, 11) is 0. The van der Waals surface area contributed by atoms with E-state index in [0.29, 0.717) is 19.3 Å². The van der Waals surface area contributed by atoms with Crippen molar-refractivity contribution in [3.05, 3.63) is 71.5 Å². The van der Waals surface area contributed by atoms with Crippen LogP contribution in [0.4, 0.5) is 17.6 Å². The van der Waals surface area contributed by atoms with Crippen molar-refractivity contribution in [3.8, 4) is 0 Å². The SMILES string of the molecule is C[C@](CCCN)(C(=O)NCCCc1ccc(F)cc1)N(OC(=O)C(F)(F)F)C(=O)[C@@H](N)CCc1ccccc1. The van der Waals surface area contributed by atoms with Gasteiger partial charge in [-0.05, 0) is 75.3 Å². The van der Waals surface area contributed by atoms with Crippen LogP contribution in [0.5, 0.6) is 0 Å². The summed E-state index contributed by atoms with van der Waals surface area (Å²) in [6, 6.07) is 13.4. The number of amides is 2. The molecular weight excluding hydrogens is 520 g/mol. The van der Waals surface area contributed by atoms with Crippen LogP contribution in [0.25, 0.3) is 0 Å². The second kappa shape index (κ2) is 14.6. The normalized spacial score (nSPS) is 13.7. The van der Waals surface area contributed by atoms with E-state index in [0.717, 1.165) is 11.1 Å². The van der Waals surface area contributed by atoms with Crippen molar-refractivity contribution in [1.82, 2.24) is 10.4 Å². The molecule has 2 amide bonds. The molecule has 0 aromatic heterocycles. The summed E-state index contributed by atoms with van der Waals surface area (Å²) < 4.78 is 52.5. The molecule has 0 unspecified atom stereocenters. The Morgan fingerprint density at radius 3 is 2.18 bits per heavy atom. The van der Waals surface area contributed by atoms with Crippen LogP contribution in [0.1, 0.15) is 43.7 Å². The highest BCUT2D eigenvalue weighted by Crippen LogP contribution is 2.27. The third kappa shape index (κ3) is 9.63. The first-order chi connectivity index (χ1) is 18.4. The smallest absolute Gasteiger partial charge is 0.354 e. The van der Waals surface area contributed by atoms with Gasteiger partial charge in [0.15, 0.2) is 5.54 Å². The van der Waals surface area contributed by atoms with Crippen molar-refractivity contribution in [2.45, 2.75) is 63.2 Å². The Labute approximate surface area is 224 Å². The van der Waals surface area contributed by atoms with Gasteiger partial charge in [-0.1, -0.05) is 42.5 Å². The molecule has 2 aromatic rings. The van der Waals surface area contributed by atoms with E-state index in [2.05, 4.69) is 10.2 Å². The maximum absolute atomic E-state index is 13.3. The number of nitrogens with zero attached hydrogens (tertiary/aromatic N) is 1. The van der Waals surface area contributed by atoms with Gasteiger partial charge in [-0.3, -0.25) is 9.59 Å². The van der Waals surface area contributed by atoms with Crippen molar-refractivity contribution in [1.29, 1.82) is 0 Å². The molecule has 2 aromatic carbocycles. The minimum absolute atomic E-state index is 0.0230. The standard InChI is InChI=1S/C27H34F4N4O4/c1-26(16-6-17-32,24(37)34-18-5-9-20-10-13-21(28)14-11-20)35(39-25(38)27(29,30)31)23(36)22(33)15-12-19-7-3-2-4-8-19/h2-4,7-8,10-11,13-14,22H,5-6,9,12,15-18,32-33H2,1H3,(H,34,37)/t22-,26-/m0/s1. The zero-order valence-electron chi connectivity index (χ0n) is 21.7. The van der Waals surface area contributed by atoms with E-state index in [1.54, 1.807) is 42.5 Å². The highest BCUT2D eigenvalue weighted by Gasteiger charge is 2.50. The van der Waals surface area contributed by atoms with Crippen LogP contribution in [0.2, 0.25) is 0 Å². The molecule has 0 radical (unpaired) electrons. The number of nitrogens with two attached hydrogens (primary N) is 2. The third-order valence-corrected chi connectivity index (χ3v) is 6.16. The fourth-order valence-electron chi connectivity index (χ4n) is 3.85. The zero-order valence-corrected chi connectivity index (χ0v) is 21.7. The van der Waals surface area contributed by atoms with E-state index in [-0.39, 0.29) is 43.2 Å². The molecule has 0 aliphatic rings. The summed E-state index contributed by atoms with van der Waals surface area (Å²) in [6.45, 7) is 1.34. The lowest BCUT2D eigenvalue weighted by atomic mass is 9.92. The van der Waals surface area contributed by atoms with Gasteiger partial charge in [-0.2, -0.15) is 18.2 Å². The Morgan fingerprint density at radius 1 is 0.974 bits per heavy atom. The van der Waals surface area contributed by atoms with E-state index in [9.17, 15) is 31.9 Å². The molecule has 8 nitrogen and oxygen atoms in total. The van der Waals surface area contributed by atoms with Crippen molar-refractivity contribution >= 4 is 17.8 Å². The second-order valence-electron chi connectivity index (χ2n) is 9.29. The molecule has 0 bridgehead atoms. The number of hydrogen-bond acceptors (Lipinski definition) is 6. The van der Waals surface area contributed by atoms with Crippen LogP contribution in [0.15, 0.2) is 54.6 Å². The lowest BCUT2D eigenvalue weighted by molar-refractivity contribution is -0.253. The Balaban J connectivity index is 2.22. The van der Waals surface area contributed by atoms with E-state index in [4.69, 9.17) is 11.5 Å². The molecule has 0 aliphatic heterocycles. The number of nitrogens with one attached hydrogen (secondary N) is 1. The van der Waals surface area contributed by atoms with Crippen LogP contribution in [0.3, 0.4) is 0 Å². The number of benzene rings is 2. The Morgan fingerprint density at radius 2 is 1.59 bits per heavy atom. The van der Waals surface area contributed by atoms with Crippen LogP contribution < -0.4 is 16.8 Å². The van der Waals surface area contributed by atoms with E-state index in [1.165, 1.54) is 19.1 Å². The van der Waals surface area contributed by atoms with Gasteiger partial charge in [0.1, 0.15) is 5.82 Å². The van der Waals surface area contributed by atoms with Gasteiger partial charge >= 0.3 is 12.1 Å². The molecule has 0 saturated heterocycles. The average molecular weight is 555 g/mol. The number of rotatable bonds is 13. The molecule has 0 heterocycles. The maximum atomic E-state index is 13.3. The molecular formula is C27H34F4N4O4. The summed E-state index contributed by atoms with van der Waals surface area (Å²) in [5.41, 5.74) is 11.2. The number of hydroxylamine groups is 2.